The lowest BCUT2D eigenvalue weighted by Crippen LogP contribution is -1.98. The molecule has 16 heavy (non-hydrogen) atoms. The Bertz CT molecular complexity index is 533. The summed E-state index contributed by atoms with van der Waals surface area (Å²) in [5.74, 6) is 0.964. The summed E-state index contributed by atoms with van der Waals surface area (Å²) in [7, 11) is 1.96. The Morgan fingerprint density at radius 1 is 1.31 bits per heavy atom. The largest absolute Gasteiger partial charge is 0.310 e. The molecule has 2 aromatic heterocycles. The van der Waals surface area contributed by atoms with Gasteiger partial charge in [0, 0.05) is 18.8 Å². The van der Waals surface area contributed by atoms with Crippen LogP contribution in [-0.4, -0.2) is 24.5 Å². The van der Waals surface area contributed by atoms with Crippen LogP contribution in [0.15, 0.2) is 6.33 Å². The van der Waals surface area contributed by atoms with Crippen LogP contribution < -0.4 is 0 Å². The lowest BCUT2D eigenvalue weighted by molar-refractivity contribution is 0.729. The summed E-state index contributed by atoms with van der Waals surface area (Å²) in [5, 5.41) is 12.7. The molecule has 0 unspecified atom stereocenters. The van der Waals surface area contributed by atoms with Gasteiger partial charge in [-0.25, -0.2) is 0 Å². The zero-order valence-corrected chi connectivity index (χ0v) is 9.80. The summed E-state index contributed by atoms with van der Waals surface area (Å²) in [4.78, 5) is 0. The van der Waals surface area contributed by atoms with Crippen LogP contribution in [0.3, 0.4) is 0 Å². The van der Waals surface area contributed by atoms with Gasteiger partial charge in [-0.2, -0.15) is 5.10 Å². The topological polar surface area (TPSA) is 48.5 Å². The van der Waals surface area contributed by atoms with Gasteiger partial charge in [0.1, 0.15) is 6.33 Å². The number of nitrogens with zero attached hydrogens (tertiary/aromatic N) is 5. The maximum atomic E-state index is 4.42. The van der Waals surface area contributed by atoms with E-state index in [1.807, 2.05) is 25.0 Å². The van der Waals surface area contributed by atoms with E-state index in [2.05, 4.69) is 26.8 Å². The van der Waals surface area contributed by atoms with E-state index in [4.69, 9.17) is 0 Å². The highest BCUT2D eigenvalue weighted by Gasteiger charge is 2.28. The summed E-state index contributed by atoms with van der Waals surface area (Å²) >= 11 is 0. The molecule has 1 fully saturated rings. The minimum absolute atomic E-state index is 0.601. The zero-order chi connectivity index (χ0) is 11.3. The van der Waals surface area contributed by atoms with Gasteiger partial charge in [0.05, 0.1) is 11.3 Å². The Hall–Kier alpha value is -1.65. The van der Waals surface area contributed by atoms with E-state index < -0.39 is 0 Å². The summed E-state index contributed by atoms with van der Waals surface area (Å²) in [6.07, 6.45) is 4.31. The fourth-order valence-corrected chi connectivity index (χ4v) is 2.14. The van der Waals surface area contributed by atoms with E-state index >= 15 is 0 Å². The molecule has 2 aromatic rings. The van der Waals surface area contributed by atoms with Gasteiger partial charge in [-0.3, -0.25) is 4.68 Å². The Labute approximate surface area is 94.1 Å². The van der Waals surface area contributed by atoms with Crippen LogP contribution in [0.2, 0.25) is 0 Å². The summed E-state index contributed by atoms with van der Waals surface area (Å²) in [5.41, 5.74) is 3.30. The molecule has 1 aliphatic rings. The van der Waals surface area contributed by atoms with Crippen molar-refractivity contribution in [2.75, 3.05) is 0 Å². The lowest BCUT2D eigenvalue weighted by Gasteiger charge is -2.04. The molecule has 0 saturated heterocycles. The van der Waals surface area contributed by atoms with Crippen molar-refractivity contribution >= 4 is 0 Å². The molecule has 0 atom stereocenters. The van der Waals surface area contributed by atoms with Gasteiger partial charge in [-0.05, 0) is 26.7 Å². The van der Waals surface area contributed by atoms with Crippen LogP contribution in [-0.2, 0) is 7.05 Å². The predicted molar refractivity (Wildman–Crippen MR) is 60.0 cm³/mol. The van der Waals surface area contributed by atoms with E-state index in [1.165, 1.54) is 12.8 Å². The van der Waals surface area contributed by atoms with Crippen LogP contribution >= 0.6 is 0 Å². The standard InChI is InChI=1S/C11H15N5/c1-7-10(8(2)15(3)14-7)11-13-12-6-16(11)9-4-5-9/h6,9H,4-5H2,1-3H3. The molecule has 0 radical (unpaired) electrons. The Morgan fingerprint density at radius 2 is 2.06 bits per heavy atom. The molecule has 1 saturated carbocycles. The lowest BCUT2D eigenvalue weighted by atomic mass is 10.2. The maximum Gasteiger partial charge on any atom is 0.167 e. The highest BCUT2D eigenvalue weighted by Crippen LogP contribution is 2.38. The first-order valence-corrected chi connectivity index (χ1v) is 5.58. The quantitative estimate of drug-likeness (QED) is 0.768. The number of aromatic nitrogens is 5. The third-order valence-electron chi connectivity index (χ3n) is 3.25. The monoisotopic (exact) mass is 217 g/mol. The molecule has 3 rings (SSSR count). The average molecular weight is 217 g/mol. The molecule has 1 aliphatic carbocycles. The molecule has 0 N–H and O–H groups in total. The van der Waals surface area contributed by atoms with Gasteiger partial charge in [0.2, 0.25) is 0 Å². The van der Waals surface area contributed by atoms with Crippen LogP contribution in [0.5, 0.6) is 0 Å². The van der Waals surface area contributed by atoms with Crippen molar-refractivity contribution in [3.05, 3.63) is 17.7 Å². The van der Waals surface area contributed by atoms with E-state index in [0.29, 0.717) is 6.04 Å². The average Bonchev–Trinajstić information content (AvgIpc) is 2.92. The second kappa shape index (κ2) is 3.17. The summed E-state index contributed by atoms with van der Waals surface area (Å²) < 4.78 is 4.08. The normalized spacial score (nSPS) is 15.7. The maximum absolute atomic E-state index is 4.42. The first-order valence-electron chi connectivity index (χ1n) is 5.58. The fourth-order valence-electron chi connectivity index (χ4n) is 2.14. The zero-order valence-electron chi connectivity index (χ0n) is 9.80. The Morgan fingerprint density at radius 3 is 2.62 bits per heavy atom. The minimum Gasteiger partial charge on any atom is -0.310 e. The van der Waals surface area contributed by atoms with Crippen molar-refractivity contribution in [3.63, 3.8) is 0 Å². The second-order valence-corrected chi connectivity index (χ2v) is 4.46. The molecule has 0 amide bonds. The fraction of sp³-hybridized carbons (Fsp3) is 0.545. The van der Waals surface area contributed by atoms with E-state index in [-0.39, 0.29) is 0 Å². The smallest absolute Gasteiger partial charge is 0.167 e. The van der Waals surface area contributed by atoms with E-state index in [0.717, 1.165) is 22.8 Å². The van der Waals surface area contributed by atoms with Gasteiger partial charge in [0.25, 0.3) is 0 Å². The SMILES string of the molecule is Cc1nn(C)c(C)c1-c1nncn1C1CC1. The third-order valence-corrected chi connectivity index (χ3v) is 3.25. The number of rotatable bonds is 2. The van der Waals surface area contributed by atoms with Gasteiger partial charge in [-0.1, -0.05) is 0 Å². The number of hydrogen-bond donors (Lipinski definition) is 0. The van der Waals surface area contributed by atoms with Crippen molar-refractivity contribution in [3.8, 4) is 11.4 Å². The molecular weight excluding hydrogens is 202 g/mol. The van der Waals surface area contributed by atoms with Crippen molar-refractivity contribution in [2.24, 2.45) is 7.05 Å². The molecule has 0 aliphatic heterocycles. The highest BCUT2D eigenvalue weighted by molar-refractivity contribution is 5.61. The molecule has 2 heterocycles. The Kier molecular flexibility index (Phi) is 1.89. The molecule has 84 valence electrons. The summed E-state index contributed by atoms with van der Waals surface area (Å²) in [6.45, 7) is 4.09. The van der Waals surface area contributed by atoms with Gasteiger partial charge in [0.15, 0.2) is 5.82 Å². The Balaban J connectivity index is 2.17. The molecule has 0 bridgehead atoms. The molecule has 5 nitrogen and oxygen atoms in total. The molecule has 0 aromatic carbocycles. The van der Waals surface area contributed by atoms with Gasteiger partial charge < -0.3 is 4.57 Å². The van der Waals surface area contributed by atoms with Crippen LogP contribution in [0, 0.1) is 13.8 Å². The first kappa shape index (κ1) is 9.57. The number of hydrogen-bond acceptors (Lipinski definition) is 3. The van der Waals surface area contributed by atoms with Gasteiger partial charge >= 0.3 is 0 Å². The minimum atomic E-state index is 0.601. The summed E-state index contributed by atoms with van der Waals surface area (Å²) in [6, 6.07) is 0.601. The van der Waals surface area contributed by atoms with Gasteiger partial charge in [-0.15, -0.1) is 10.2 Å². The van der Waals surface area contributed by atoms with Crippen molar-refractivity contribution < 1.29 is 0 Å². The number of aryl methyl sites for hydroxylation is 2. The van der Waals surface area contributed by atoms with Crippen LogP contribution in [0.4, 0.5) is 0 Å². The van der Waals surface area contributed by atoms with Crippen molar-refractivity contribution in [2.45, 2.75) is 32.7 Å². The third kappa shape index (κ3) is 1.27. The van der Waals surface area contributed by atoms with Crippen LogP contribution in [0.25, 0.3) is 11.4 Å². The van der Waals surface area contributed by atoms with Crippen molar-refractivity contribution in [1.29, 1.82) is 0 Å². The second-order valence-electron chi connectivity index (χ2n) is 4.46. The van der Waals surface area contributed by atoms with Crippen LogP contribution in [0.1, 0.15) is 30.3 Å². The molecular formula is C11H15N5. The molecule has 5 heteroatoms. The highest BCUT2D eigenvalue weighted by atomic mass is 15.3. The van der Waals surface area contributed by atoms with Crippen molar-refractivity contribution in [1.82, 2.24) is 24.5 Å². The van der Waals surface area contributed by atoms with E-state index in [1.54, 1.807) is 0 Å². The predicted octanol–water partition coefficient (Wildman–Crippen LogP) is 1.63. The molecule has 0 spiro atoms. The first-order chi connectivity index (χ1) is 7.68. The van der Waals surface area contributed by atoms with E-state index in [9.17, 15) is 0 Å².